The molecule has 0 fully saturated rings. The number of hydrogen-bond donors (Lipinski definition) is 2. The van der Waals surface area contributed by atoms with E-state index >= 15 is 0 Å². The molecule has 6 heteroatoms. The maximum Gasteiger partial charge on any atom is 0.303 e. The number of carbonyl (C=O) groups is 2. The van der Waals surface area contributed by atoms with Crippen molar-refractivity contribution in [3.8, 4) is 11.5 Å². The van der Waals surface area contributed by atoms with E-state index in [-0.39, 0.29) is 18.9 Å². The molecule has 2 aromatic rings. The summed E-state index contributed by atoms with van der Waals surface area (Å²) in [6, 6.07) is 14.4. The van der Waals surface area contributed by atoms with Crippen LogP contribution in [0.3, 0.4) is 0 Å². The molecule has 0 spiro atoms. The molecule has 0 aliphatic heterocycles. The number of carboxylic acid groups (broad SMARTS) is 1. The van der Waals surface area contributed by atoms with Crippen LogP contribution in [0.4, 0.5) is 5.69 Å². The van der Waals surface area contributed by atoms with Gasteiger partial charge in [0, 0.05) is 12.1 Å². The fourth-order valence-corrected chi connectivity index (χ4v) is 2.10. The van der Waals surface area contributed by atoms with Crippen LogP contribution < -0.4 is 14.8 Å². The molecule has 25 heavy (non-hydrogen) atoms. The highest BCUT2D eigenvalue weighted by atomic mass is 16.5. The van der Waals surface area contributed by atoms with Gasteiger partial charge in [-0.05, 0) is 55.3 Å². The Morgan fingerprint density at radius 1 is 1.04 bits per heavy atom. The molecular formula is C19H21NO5. The van der Waals surface area contributed by atoms with Gasteiger partial charge in [0.25, 0.3) is 5.91 Å². The highest BCUT2D eigenvalue weighted by Gasteiger charge is 2.05. The summed E-state index contributed by atoms with van der Waals surface area (Å²) >= 11 is 0. The summed E-state index contributed by atoms with van der Waals surface area (Å²) in [5, 5.41) is 11.3. The quantitative estimate of drug-likeness (QED) is 0.683. The van der Waals surface area contributed by atoms with Crippen LogP contribution in [0.15, 0.2) is 48.5 Å². The maximum atomic E-state index is 11.9. The van der Waals surface area contributed by atoms with Crippen molar-refractivity contribution in [1.29, 1.82) is 0 Å². The molecule has 0 unspecified atom stereocenters. The molecule has 0 aliphatic carbocycles. The second kappa shape index (κ2) is 9.32. The molecular weight excluding hydrogens is 322 g/mol. The molecule has 0 heterocycles. The largest absolute Gasteiger partial charge is 0.494 e. The number of anilines is 1. The average Bonchev–Trinajstić information content (AvgIpc) is 2.58. The Balaban J connectivity index is 1.74. The summed E-state index contributed by atoms with van der Waals surface area (Å²) in [5.41, 5.74) is 1.70. The van der Waals surface area contributed by atoms with Crippen molar-refractivity contribution >= 4 is 17.6 Å². The number of hydrogen-bond acceptors (Lipinski definition) is 4. The van der Waals surface area contributed by atoms with Crippen LogP contribution in [0, 0.1) is 6.92 Å². The Kier molecular flexibility index (Phi) is 6.83. The number of amides is 1. The third kappa shape index (κ3) is 6.95. The molecule has 0 saturated heterocycles. The lowest BCUT2D eigenvalue weighted by Gasteiger charge is -2.09. The Hall–Kier alpha value is -3.02. The van der Waals surface area contributed by atoms with Gasteiger partial charge in [0.05, 0.1) is 6.61 Å². The second-order valence-corrected chi connectivity index (χ2v) is 5.52. The minimum absolute atomic E-state index is 0.0725. The van der Waals surface area contributed by atoms with E-state index in [0.29, 0.717) is 30.2 Å². The van der Waals surface area contributed by atoms with E-state index in [9.17, 15) is 9.59 Å². The van der Waals surface area contributed by atoms with Gasteiger partial charge < -0.3 is 19.9 Å². The van der Waals surface area contributed by atoms with Crippen molar-refractivity contribution in [3.63, 3.8) is 0 Å². The lowest BCUT2D eigenvalue weighted by atomic mass is 10.2. The summed E-state index contributed by atoms with van der Waals surface area (Å²) < 4.78 is 10.9. The number of nitrogens with one attached hydrogen (secondary N) is 1. The zero-order valence-corrected chi connectivity index (χ0v) is 14.0. The minimum atomic E-state index is -0.838. The molecule has 6 nitrogen and oxygen atoms in total. The van der Waals surface area contributed by atoms with Gasteiger partial charge in [-0.25, -0.2) is 0 Å². The third-order valence-electron chi connectivity index (χ3n) is 3.30. The minimum Gasteiger partial charge on any atom is -0.494 e. The van der Waals surface area contributed by atoms with Crippen LogP contribution in [-0.2, 0) is 9.59 Å². The fourth-order valence-electron chi connectivity index (χ4n) is 2.10. The van der Waals surface area contributed by atoms with E-state index in [4.69, 9.17) is 14.6 Å². The van der Waals surface area contributed by atoms with Gasteiger partial charge in [0.15, 0.2) is 6.61 Å². The number of aryl methyl sites for hydroxylation is 1. The second-order valence-electron chi connectivity index (χ2n) is 5.52. The smallest absolute Gasteiger partial charge is 0.303 e. The predicted molar refractivity (Wildman–Crippen MR) is 94.1 cm³/mol. The first-order chi connectivity index (χ1) is 12.0. The van der Waals surface area contributed by atoms with E-state index in [1.165, 1.54) is 0 Å². The Bertz CT molecular complexity index is 712. The number of aliphatic carboxylic acids is 1. The Morgan fingerprint density at radius 3 is 2.48 bits per heavy atom. The highest BCUT2D eigenvalue weighted by molar-refractivity contribution is 5.91. The monoisotopic (exact) mass is 343 g/mol. The summed E-state index contributed by atoms with van der Waals surface area (Å²) in [7, 11) is 0. The van der Waals surface area contributed by atoms with Crippen molar-refractivity contribution < 1.29 is 24.2 Å². The zero-order valence-electron chi connectivity index (χ0n) is 14.0. The number of rotatable bonds is 9. The van der Waals surface area contributed by atoms with E-state index < -0.39 is 5.97 Å². The van der Waals surface area contributed by atoms with Gasteiger partial charge in [-0.2, -0.15) is 0 Å². The normalized spacial score (nSPS) is 10.1. The number of benzene rings is 2. The van der Waals surface area contributed by atoms with E-state index in [1.54, 1.807) is 30.3 Å². The summed E-state index contributed by atoms with van der Waals surface area (Å²) in [5.74, 6) is 0.186. The number of carboxylic acids is 1. The van der Waals surface area contributed by atoms with Crippen LogP contribution in [0.5, 0.6) is 11.5 Å². The lowest BCUT2D eigenvalue weighted by Crippen LogP contribution is -2.20. The predicted octanol–water partition coefficient (Wildman–Crippen LogP) is 3.26. The molecule has 2 rings (SSSR count). The molecule has 0 aromatic heterocycles. The standard InChI is InChI=1S/C19H21NO5/c1-14-4-2-5-17(12-14)25-13-18(21)20-15-7-9-16(10-8-15)24-11-3-6-19(22)23/h2,4-5,7-10,12H,3,6,11,13H2,1H3,(H,20,21)(H,22,23). The van der Waals surface area contributed by atoms with Gasteiger partial charge in [-0.15, -0.1) is 0 Å². The highest BCUT2D eigenvalue weighted by Crippen LogP contribution is 2.16. The average molecular weight is 343 g/mol. The molecule has 0 bridgehead atoms. The van der Waals surface area contributed by atoms with Crippen molar-refractivity contribution in [1.82, 2.24) is 0 Å². The van der Waals surface area contributed by atoms with Gasteiger partial charge in [-0.1, -0.05) is 12.1 Å². The van der Waals surface area contributed by atoms with Gasteiger partial charge >= 0.3 is 5.97 Å². The Morgan fingerprint density at radius 2 is 1.80 bits per heavy atom. The molecule has 132 valence electrons. The topological polar surface area (TPSA) is 84.9 Å². The fraction of sp³-hybridized carbons (Fsp3) is 0.263. The van der Waals surface area contributed by atoms with Gasteiger partial charge in [-0.3, -0.25) is 9.59 Å². The molecule has 0 atom stereocenters. The van der Waals surface area contributed by atoms with E-state index in [0.717, 1.165) is 5.56 Å². The maximum absolute atomic E-state index is 11.9. The van der Waals surface area contributed by atoms with Gasteiger partial charge in [0.1, 0.15) is 11.5 Å². The van der Waals surface area contributed by atoms with Gasteiger partial charge in [0.2, 0.25) is 0 Å². The van der Waals surface area contributed by atoms with Crippen LogP contribution in [0.25, 0.3) is 0 Å². The first-order valence-corrected chi connectivity index (χ1v) is 7.97. The molecule has 2 aromatic carbocycles. The zero-order chi connectivity index (χ0) is 18.1. The molecule has 1 amide bonds. The van der Waals surface area contributed by atoms with Crippen molar-refractivity contribution in [3.05, 3.63) is 54.1 Å². The van der Waals surface area contributed by atoms with Crippen molar-refractivity contribution in [2.24, 2.45) is 0 Å². The number of ether oxygens (including phenoxy) is 2. The Labute approximate surface area is 146 Å². The SMILES string of the molecule is Cc1cccc(OCC(=O)Nc2ccc(OCCCC(=O)O)cc2)c1. The molecule has 0 aliphatic rings. The molecule has 0 radical (unpaired) electrons. The van der Waals surface area contributed by atoms with Crippen LogP contribution in [0.2, 0.25) is 0 Å². The summed E-state index contributed by atoms with van der Waals surface area (Å²) in [4.78, 5) is 22.3. The summed E-state index contributed by atoms with van der Waals surface area (Å²) in [6.07, 6.45) is 0.527. The van der Waals surface area contributed by atoms with E-state index in [1.807, 2.05) is 25.1 Å². The first-order valence-electron chi connectivity index (χ1n) is 7.97. The number of carbonyl (C=O) groups excluding carboxylic acids is 1. The van der Waals surface area contributed by atoms with Crippen molar-refractivity contribution in [2.75, 3.05) is 18.5 Å². The van der Waals surface area contributed by atoms with Crippen molar-refractivity contribution in [2.45, 2.75) is 19.8 Å². The molecule has 0 saturated carbocycles. The van der Waals surface area contributed by atoms with Crippen LogP contribution in [-0.4, -0.2) is 30.2 Å². The van der Waals surface area contributed by atoms with Crippen LogP contribution in [0.1, 0.15) is 18.4 Å². The van der Waals surface area contributed by atoms with Crippen LogP contribution >= 0.6 is 0 Å². The van der Waals surface area contributed by atoms with E-state index in [2.05, 4.69) is 5.32 Å². The summed E-state index contributed by atoms with van der Waals surface area (Å²) in [6.45, 7) is 2.22. The lowest BCUT2D eigenvalue weighted by molar-refractivity contribution is -0.137. The first kappa shape index (κ1) is 18.3. The molecule has 2 N–H and O–H groups in total. The third-order valence-corrected chi connectivity index (χ3v) is 3.30.